The second-order valence-electron chi connectivity index (χ2n) is 5.63. The zero-order valence-corrected chi connectivity index (χ0v) is 13.9. The van der Waals surface area contributed by atoms with Gasteiger partial charge in [-0.3, -0.25) is 20.4 Å². The van der Waals surface area contributed by atoms with E-state index in [2.05, 4.69) is 16.0 Å². The standard InChI is InChI=1S/C18H18N4O3/c1-12-8-16(13(2)25-12)18(24)21-20-17(23)9-14-10-19-22(11-14)15-6-4-3-5-7-15/h3-8,10-11H,9H2,1-2H3,(H,20,23)(H,21,24). The number of hydrogen-bond acceptors (Lipinski definition) is 4. The summed E-state index contributed by atoms with van der Waals surface area (Å²) < 4.78 is 6.99. The molecule has 0 spiro atoms. The van der Waals surface area contributed by atoms with Gasteiger partial charge >= 0.3 is 0 Å². The van der Waals surface area contributed by atoms with Gasteiger partial charge in [0.25, 0.3) is 5.91 Å². The number of aryl methyl sites for hydroxylation is 2. The topological polar surface area (TPSA) is 89.2 Å². The van der Waals surface area contributed by atoms with Crippen LogP contribution in [0.25, 0.3) is 5.69 Å². The van der Waals surface area contributed by atoms with Crippen molar-refractivity contribution in [3.63, 3.8) is 0 Å². The van der Waals surface area contributed by atoms with Gasteiger partial charge in [-0.15, -0.1) is 0 Å². The van der Waals surface area contributed by atoms with Gasteiger partial charge in [0, 0.05) is 6.20 Å². The minimum Gasteiger partial charge on any atom is -0.466 e. The highest BCUT2D eigenvalue weighted by molar-refractivity contribution is 5.96. The Morgan fingerprint density at radius 3 is 2.60 bits per heavy atom. The summed E-state index contributed by atoms with van der Waals surface area (Å²) in [5, 5.41) is 4.23. The van der Waals surface area contributed by atoms with Crippen molar-refractivity contribution in [1.82, 2.24) is 20.6 Å². The van der Waals surface area contributed by atoms with Crippen molar-refractivity contribution in [1.29, 1.82) is 0 Å². The fourth-order valence-corrected chi connectivity index (χ4v) is 2.45. The minimum atomic E-state index is -0.414. The summed E-state index contributed by atoms with van der Waals surface area (Å²) in [4.78, 5) is 24.0. The molecule has 0 saturated heterocycles. The van der Waals surface area contributed by atoms with Gasteiger partial charge in [0.15, 0.2) is 0 Å². The average molecular weight is 338 g/mol. The van der Waals surface area contributed by atoms with E-state index in [0.717, 1.165) is 11.3 Å². The van der Waals surface area contributed by atoms with Crippen LogP contribution in [0.3, 0.4) is 0 Å². The number of furan rings is 1. The van der Waals surface area contributed by atoms with E-state index in [0.29, 0.717) is 17.1 Å². The number of rotatable bonds is 4. The fraction of sp³-hybridized carbons (Fsp3) is 0.167. The molecule has 1 aromatic carbocycles. The lowest BCUT2D eigenvalue weighted by Crippen LogP contribution is -2.42. The smallest absolute Gasteiger partial charge is 0.273 e. The first-order valence-electron chi connectivity index (χ1n) is 7.78. The van der Waals surface area contributed by atoms with Crippen molar-refractivity contribution >= 4 is 11.8 Å². The van der Waals surface area contributed by atoms with E-state index in [1.54, 1.807) is 37.0 Å². The predicted octanol–water partition coefficient (Wildman–Crippen LogP) is 2.09. The maximum atomic E-state index is 12.0. The van der Waals surface area contributed by atoms with Gasteiger partial charge < -0.3 is 4.42 Å². The third-order valence-electron chi connectivity index (χ3n) is 3.62. The number of hydrogen-bond donors (Lipinski definition) is 2. The third kappa shape index (κ3) is 3.95. The molecule has 0 radical (unpaired) electrons. The van der Waals surface area contributed by atoms with Crippen molar-refractivity contribution in [3.8, 4) is 5.69 Å². The van der Waals surface area contributed by atoms with Crippen molar-refractivity contribution in [2.45, 2.75) is 20.3 Å². The van der Waals surface area contributed by atoms with Crippen LogP contribution in [-0.2, 0) is 11.2 Å². The van der Waals surface area contributed by atoms with E-state index in [1.165, 1.54) is 0 Å². The molecule has 2 aromatic heterocycles. The predicted molar refractivity (Wildman–Crippen MR) is 91.1 cm³/mol. The average Bonchev–Trinajstić information content (AvgIpc) is 3.19. The molecular weight excluding hydrogens is 320 g/mol. The number of aromatic nitrogens is 2. The van der Waals surface area contributed by atoms with Crippen molar-refractivity contribution in [2.75, 3.05) is 0 Å². The van der Waals surface area contributed by atoms with Gasteiger partial charge in [0.05, 0.1) is 23.9 Å². The van der Waals surface area contributed by atoms with Gasteiger partial charge in [-0.2, -0.15) is 5.10 Å². The fourth-order valence-electron chi connectivity index (χ4n) is 2.45. The number of carbonyl (C=O) groups is 2. The number of amides is 2. The van der Waals surface area contributed by atoms with Crippen LogP contribution in [-0.4, -0.2) is 21.6 Å². The normalized spacial score (nSPS) is 10.5. The molecule has 2 heterocycles. The summed E-state index contributed by atoms with van der Waals surface area (Å²) in [6.45, 7) is 3.45. The summed E-state index contributed by atoms with van der Waals surface area (Å²) in [5.41, 5.74) is 6.83. The number of benzene rings is 1. The molecule has 0 fully saturated rings. The molecule has 0 aliphatic heterocycles. The lowest BCUT2D eigenvalue weighted by Gasteiger charge is -2.05. The second-order valence-corrected chi connectivity index (χ2v) is 5.63. The molecule has 25 heavy (non-hydrogen) atoms. The van der Waals surface area contributed by atoms with Crippen molar-refractivity contribution in [2.24, 2.45) is 0 Å². The van der Waals surface area contributed by atoms with Gasteiger partial charge in [-0.1, -0.05) is 18.2 Å². The molecule has 128 valence electrons. The summed E-state index contributed by atoms with van der Waals surface area (Å²) in [6, 6.07) is 11.2. The Bertz CT molecular complexity index is 896. The first-order valence-corrected chi connectivity index (χ1v) is 7.78. The molecule has 0 aliphatic carbocycles. The Kier molecular flexibility index (Phi) is 4.65. The highest BCUT2D eigenvalue weighted by Gasteiger charge is 2.14. The lowest BCUT2D eigenvalue weighted by molar-refractivity contribution is -0.121. The number of nitrogens with one attached hydrogen (secondary N) is 2. The van der Waals surface area contributed by atoms with Crippen LogP contribution in [0.5, 0.6) is 0 Å². The Hall–Kier alpha value is -3.35. The van der Waals surface area contributed by atoms with Crippen LogP contribution in [0, 0.1) is 13.8 Å². The van der Waals surface area contributed by atoms with E-state index in [4.69, 9.17) is 4.42 Å². The zero-order chi connectivity index (χ0) is 17.8. The summed E-state index contributed by atoms with van der Waals surface area (Å²) in [7, 11) is 0. The molecular formula is C18H18N4O3. The van der Waals surface area contributed by atoms with E-state index in [9.17, 15) is 9.59 Å². The summed E-state index contributed by atoms with van der Waals surface area (Å²) in [5.74, 6) is 0.400. The first kappa shape index (κ1) is 16.5. The molecule has 7 nitrogen and oxygen atoms in total. The van der Waals surface area contributed by atoms with Crippen LogP contribution < -0.4 is 10.9 Å². The van der Waals surface area contributed by atoms with Gasteiger partial charge in [0.2, 0.25) is 5.91 Å². The van der Waals surface area contributed by atoms with E-state index >= 15 is 0 Å². The molecule has 0 atom stereocenters. The molecule has 3 rings (SSSR count). The largest absolute Gasteiger partial charge is 0.466 e. The molecule has 0 saturated carbocycles. The summed E-state index contributed by atoms with van der Waals surface area (Å²) >= 11 is 0. The van der Waals surface area contributed by atoms with E-state index < -0.39 is 5.91 Å². The second kappa shape index (κ2) is 7.04. The molecule has 0 bridgehead atoms. The lowest BCUT2D eigenvalue weighted by atomic mass is 10.2. The van der Waals surface area contributed by atoms with Crippen LogP contribution >= 0.6 is 0 Å². The Balaban J connectivity index is 1.55. The third-order valence-corrected chi connectivity index (χ3v) is 3.62. The Labute approximate surface area is 144 Å². The SMILES string of the molecule is Cc1cc(C(=O)NNC(=O)Cc2cnn(-c3ccccc3)c2)c(C)o1. The van der Waals surface area contributed by atoms with Gasteiger partial charge in [-0.05, 0) is 37.6 Å². The van der Waals surface area contributed by atoms with Gasteiger partial charge in [0.1, 0.15) is 11.5 Å². The quantitative estimate of drug-likeness (QED) is 0.713. The number of carbonyl (C=O) groups excluding carboxylic acids is 2. The minimum absolute atomic E-state index is 0.108. The van der Waals surface area contributed by atoms with Gasteiger partial charge in [-0.25, -0.2) is 4.68 Å². The first-order chi connectivity index (χ1) is 12.0. The molecule has 2 amide bonds. The maximum Gasteiger partial charge on any atom is 0.273 e. The highest BCUT2D eigenvalue weighted by Crippen LogP contribution is 2.13. The van der Waals surface area contributed by atoms with Crippen molar-refractivity contribution in [3.05, 3.63) is 71.4 Å². The number of nitrogens with zero attached hydrogens (tertiary/aromatic N) is 2. The van der Waals surface area contributed by atoms with Crippen LogP contribution in [0.2, 0.25) is 0 Å². The molecule has 0 unspecified atom stereocenters. The zero-order valence-electron chi connectivity index (χ0n) is 13.9. The van der Waals surface area contributed by atoms with E-state index in [-0.39, 0.29) is 12.3 Å². The van der Waals surface area contributed by atoms with Crippen molar-refractivity contribution < 1.29 is 14.0 Å². The van der Waals surface area contributed by atoms with Crippen LogP contribution in [0.1, 0.15) is 27.4 Å². The van der Waals surface area contributed by atoms with Crippen LogP contribution in [0.15, 0.2) is 53.2 Å². The van der Waals surface area contributed by atoms with Crippen LogP contribution in [0.4, 0.5) is 0 Å². The highest BCUT2D eigenvalue weighted by atomic mass is 16.3. The molecule has 3 aromatic rings. The Morgan fingerprint density at radius 2 is 1.92 bits per heavy atom. The van der Waals surface area contributed by atoms with E-state index in [1.807, 2.05) is 30.3 Å². The molecule has 7 heteroatoms. The summed E-state index contributed by atoms with van der Waals surface area (Å²) in [6.07, 6.45) is 3.51. The Morgan fingerprint density at radius 1 is 1.16 bits per heavy atom. The number of para-hydroxylation sites is 1. The monoisotopic (exact) mass is 338 g/mol. The molecule has 2 N–H and O–H groups in total. The molecule has 0 aliphatic rings. The number of hydrazine groups is 1. The maximum absolute atomic E-state index is 12.0.